The van der Waals surface area contributed by atoms with E-state index < -0.39 is 0 Å². The van der Waals surface area contributed by atoms with Gasteiger partial charge in [-0.3, -0.25) is 4.79 Å². The van der Waals surface area contributed by atoms with E-state index in [0.29, 0.717) is 11.0 Å². The molecule has 1 heterocycles. The molecule has 104 valence electrons. The van der Waals surface area contributed by atoms with Gasteiger partial charge in [0.2, 0.25) is 5.91 Å². The third kappa shape index (κ3) is 3.92. The number of hydrogen-bond donors (Lipinski definition) is 1. The molecule has 4 nitrogen and oxygen atoms in total. The van der Waals surface area contributed by atoms with Crippen LogP contribution in [0.15, 0.2) is 0 Å². The summed E-state index contributed by atoms with van der Waals surface area (Å²) in [6, 6.07) is 0.321. The predicted molar refractivity (Wildman–Crippen MR) is 78.5 cm³/mol. The van der Waals surface area contributed by atoms with Gasteiger partial charge in [-0.05, 0) is 33.4 Å². The van der Waals surface area contributed by atoms with Crippen LogP contribution >= 0.6 is 12.2 Å². The van der Waals surface area contributed by atoms with Gasteiger partial charge in [0.15, 0.2) is 0 Å². The highest BCUT2D eigenvalue weighted by Crippen LogP contribution is 2.22. The van der Waals surface area contributed by atoms with Crippen molar-refractivity contribution in [3.05, 3.63) is 0 Å². The number of hydrogen-bond acceptors (Lipinski definition) is 3. The van der Waals surface area contributed by atoms with Gasteiger partial charge < -0.3 is 15.5 Å². The minimum absolute atomic E-state index is 0.133. The first kappa shape index (κ1) is 15.4. The van der Waals surface area contributed by atoms with Crippen LogP contribution in [0.5, 0.6) is 0 Å². The van der Waals surface area contributed by atoms with E-state index in [1.165, 1.54) is 0 Å². The Bertz CT molecular complexity index is 307. The first-order valence-electron chi connectivity index (χ1n) is 6.71. The Morgan fingerprint density at radius 2 is 2.22 bits per heavy atom. The zero-order chi connectivity index (χ0) is 13.7. The number of likely N-dealkylation sites (N-methyl/N-ethyl adjacent to an activating group) is 1. The third-order valence-corrected chi connectivity index (χ3v) is 3.74. The van der Waals surface area contributed by atoms with Crippen molar-refractivity contribution >= 4 is 23.1 Å². The van der Waals surface area contributed by atoms with E-state index in [2.05, 4.69) is 11.8 Å². The summed E-state index contributed by atoms with van der Waals surface area (Å²) in [4.78, 5) is 17.0. The van der Waals surface area contributed by atoms with Gasteiger partial charge >= 0.3 is 0 Å². The minimum Gasteiger partial charge on any atom is -0.393 e. The molecule has 2 N–H and O–H groups in total. The summed E-state index contributed by atoms with van der Waals surface area (Å²) >= 11 is 5.04. The van der Waals surface area contributed by atoms with Gasteiger partial charge in [-0.15, -0.1) is 0 Å². The maximum atomic E-state index is 12.5. The van der Waals surface area contributed by atoms with E-state index in [1.807, 2.05) is 19.0 Å². The summed E-state index contributed by atoms with van der Waals surface area (Å²) in [5.41, 5.74) is 5.71. The molecule has 0 aliphatic carbocycles. The van der Waals surface area contributed by atoms with Crippen molar-refractivity contribution in [1.82, 2.24) is 9.80 Å². The Balaban J connectivity index is 2.71. The van der Waals surface area contributed by atoms with Crippen molar-refractivity contribution in [3.63, 3.8) is 0 Å². The molecule has 1 amide bonds. The normalized spacial score (nSPS) is 21.3. The number of nitrogens with two attached hydrogens (primary N) is 1. The number of thiocarbonyl (C=S) groups is 1. The second-order valence-corrected chi connectivity index (χ2v) is 5.80. The molecule has 0 spiro atoms. The topological polar surface area (TPSA) is 49.6 Å². The van der Waals surface area contributed by atoms with Crippen LogP contribution < -0.4 is 5.73 Å². The second kappa shape index (κ2) is 7.04. The minimum atomic E-state index is -0.271. The van der Waals surface area contributed by atoms with Gasteiger partial charge in [0, 0.05) is 19.1 Å². The summed E-state index contributed by atoms with van der Waals surface area (Å²) in [5, 5.41) is 0. The van der Waals surface area contributed by atoms with Crippen LogP contribution in [-0.4, -0.2) is 53.9 Å². The molecule has 18 heavy (non-hydrogen) atoms. The van der Waals surface area contributed by atoms with E-state index in [9.17, 15) is 4.79 Å². The van der Waals surface area contributed by atoms with Crippen molar-refractivity contribution in [2.75, 3.05) is 27.2 Å². The average molecular weight is 271 g/mol. The van der Waals surface area contributed by atoms with Gasteiger partial charge in [0.05, 0.1) is 10.9 Å². The third-order valence-electron chi connectivity index (χ3n) is 3.46. The first-order chi connectivity index (χ1) is 8.47. The molecule has 2 unspecified atom stereocenters. The zero-order valence-corrected chi connectivity index (χ0v) is 12.5. The lowest BCUT2D eigenvalue weighted by Gasteiger charge is -2.30. The highest BCUT2D eigenvalue weighted by molar-refractivity contribution is 7.80. The number of carbonyl (C=O) groups excluding carboxylic acids is 1. The van der Waals surface area contributed by atoms with Crippen molar-refractivity contribution < 1.29 is 4.79 Å². The van der Waals surface area contributed by atoms with Crippen LogP contribution in [0.4, 0.5) is 0 Å². The van der Waals surface area contributed by atoms with Crippen LogP contribution in [0.3, 0.4) is 0 Å². The summed E-state index contributed by atoms with van der Waals surface area (Å²) < 4.78 is 0. The first-order valence-corrected chi connectivity index (χ1v) is 7.12. The Labute approximate surface area is 115 Å². The molecule has 5 heteroatoms. The largest absolute Gasteiger partial charge is 0.393 e. The fourth-order valence-corrected chi connectivity index (χ4v) is 2.83. The molecular weight excluding hydrogens is 246 g/mol. The number of rotatable bonds is 6. The molecule has 1 fully saturated rings. The summed E-state index contributed by atoms with van der Waals surface area (Å²) in [7, 11) is 4.08. The monoisotopic (exact) mass is 271 g/mol. The summed E-state index contributed by atoms with van der Waals surface area (Å²) in [6.07, 6.45) is 3.86. The van der Waals surface area contributed by atoms with Crippen LogP contribution in [0.25, 0.3) is 0 Å². The molecule has 1 aliphatic rings. The molecule has 0 saturated carbocycles. The smallest absolute Gasteiger partial charge is 0.232 e. The lowest BCUT2D eigenvalue weighted by molar-refractivity contribution is -0.134. The molecule has 0 aromatic heterocycles. The molecule has 0 aromatic rings. The molecule has 1 rings (SSSR count). The van der Waals surface area contributed by atoms with E-state index in [4.69, 9.17) is 18.0 Å². The number of carbonyl (C=O) groups is 1. The Kier molecular flexibility index (Phi) is 6.02. The Morgan fingerprint density at radius 3 is 2.72 bits per heavy atom. The quantitative estimate of drug-likeness (QED) is 0.739. The van der Waals surface area contributed by atoms with Gasteiger partial charge in [-0.1, -0.05) is 25.6 Å². The molecule has 1 aliphatic heterocycles. The van der Waals surface area contributed by atoms with Gasteiger partial charge in [-0.25, -0.2) is 0 Å². The molecular formula is C13H25N3OS. The highest BCUT2D eigenvalue weighted by Gasteiger charge is 2.33. The lowest BCUT2D eigenvalue weighted by Crippen LogP contribution is -2.46. The molecule has 0 aromatic carbocycles. The molecule has 2 atom stereocenters. The zero-order valence-electron chi connectivity index (χ0n) is 11.7. The van der Waals surface area contributed by atoms with Crippen LogP contribution in [-0.2, 0) is 4.79 Å². The fraction of sp³-hybridized carbons (Fsp3) is 0.846. The average Bonchev–Trinajstić information content (AvgIpc) is 2.71. The van der Waals surface area contributed by atoms with Crippen LogP contribution in [0, 0.1) is 5.92 Å². The Hall–Kier alpha value is -0.680. The standard InChI is InChI=1S/C13H25N3OS/c1-4-6-11(12(14)18)13(17)16-8-5-7-10(16)9-15(2)3/h10-11H,4-9H2,1-3H3,(H2,14,18). The second-order valence-electron chi connectivity index (χ2n) is 5.33. The maximum absolute atomic E-state index is 12.5. The van der Waals surface area contributed by atoms with Crippen molar-refractivity contribution in [2.24, 2.45) is 11.7 Å². The maximum Gasteiger partial charge on any atom is 0.232 e. The van der Waals surface area contributed by atoms with E-state index >= 15 is 0 Å². The number of amides is 1. The lowest BCUT2D eigenvalue weighted by atomic mass is 10.0. The summed E-state index contributed by atoms with van der Waals surface area (Å²) in [5.74, 6) is -0.138. The van der Waals surface area contributed by atoms with Gasteiger partial charge in [0.1, 0.15) is 0 Å². The van der Waals surface area contributed by atoms with Crippen molar-refractivity contribution in [1.29, 1.82) is 0 Å². The fourth-order valence-electron chi connectivity index (χ4n) is 2.61. The van der Waals surface area contributed by atoms with E-state index in [-0.39, 0.29) is 11.8 Å². The van der Waals surface area contributed by atoms with Crippen molar-refractivity contribution in [2.45, 2.75) is 38.6 Å². The predicted octanol–water partition coefficient (Wildman–Crippen LogP) is 1.24. The molecule has 0 bridgehead atoms. The van der Waals surface area contributed by atoms with E-state index in [0.717, 1.165) is 38.8 Å². The van der Waals surface area contributed by atoms with Gasteiger partial charge in [0.25, 0.3) is 0 Å². The van der Waals surface area contributed by atoms with Gasteiger partial charge in [-0.2, -0.15) is 0 Å². The van der Waals surface area contributed by atoms with E-state index in [1.54, 1.807) is 0 Å². The highest BCUT2D eigenvalue weighted by atomic mass is 32.1. The molecule has 1 saturated heterocycles. The summed E-state index contributed by atoms with van der Waals surface area (Å²) in [6.45, 7) is 3.82. The van der Waals surface area contributed by atoms with Crippen LogP contribution in [0.2, 0.25) is 0 Å². The number of nitrogens with zero attached hydrogens (tertiary/aromatic N) is 2. The van der Waals surface area contributed by atoms with Crippen LogP contribution in [0.1, 0.15) is 32.6 Å². The Morgan fingerprint density at radius 1 is 1.56 bits per heavy atom. The van der Waals surface area contributed by atoms with Crippen molar-refractivity contribution in [3.8, 4) is 0 Å². The number of likely N-dealkylation sites (tertiary alicyclic amines) is 1. The molecule has 0 radical (unpaired) electrons. The SMILES string of the molecule is CCCC(C(=O)N1CCCC1CN(C)C)C(N)=S.